The molecule has 1 aliphatic carbocycles. The summed E-state index contributed by atoms with van der Waals surface area (Å²) in [6.45, 7) is 4.77. The van der Waals surface area contributed by atoms with Gasteiger partial charge >= 0.3 is 0 Å². The van der Waals surface area contributed by atoms with Crippen molar-refractivity contribution in [3.63, 3.8) is 0 Å². The molecule has 0 aromatic heterocycles. The number of aliphatic imine (C=N–C) groups is 1. The first-order chi connectivity index (χ1) is 9.61. The van der Waals surface area contributed by atoms with Gasteiger partial charge in [-0.3, -0.25) is 4.99 Å². The Bertz CT molecular complexity index is 501. The predicted molar refractivity (Wildman–Crippen MR) is 98.6 cm³/mol. The zero-order chi connectivity index (χ0) is 14.5. The third-order valence-electron chi connectivity index (χ3n) is 3.71. The van der Waals surface area contributed by atoms with Gasteiger partial charge in [0.05, 0.1) is 0 Å². The lowest BCUT2D eigenvalue weighted by molar-refractivity contribution is 0.464. The molecule has 1 aromatic carbocycles. The summed E-state index contributed by atoms with van der Waals surface area (Å²) in [4.78, 5) is 4.20. The molecule has 4 nitrogen and oxygen atoms in total. The van der Waals surface area contributed by atoms with Crippen molar-refractivity contribution in [1.29, 1.82) is 0 Å². The Balaban J connectivity index is 0.00000220. The van der Waals surface area contributed by atoms with E-state index in [2.05, 4.69) is 35.5 Å². The number of rotatable bonds is 3. The van der Waals surface area contributed by atoms with E-state index in [1.165, 1.54) is 24.0 Å². The molecule has 0 spiro atoms. The van der Waals surface area contributed by atoms with E-state index >= 15 is 0 Å². The molecule has 3 N–H and O–H groups in total. The first kappa shape index (κ1) is 18.1. The Morgan fingerprint density at radius 1 is 1.29 bits per heavy atom. The van der Waals surface area contributed by atoms with Crippen molar-refractivity contribution in [3.8, 4) is 5.75 Å². The summed E-state index contributed by atoms with van der Waals surface area (Å²) in [6.07, 6.45) is 4.65. The highest BCUT2D eigenvalue weighted by Crippen LogP contribution is 2.30. The monoisotopic (exact) mass is 403 g/mol. The fraction of sp³-hybridized carbons (Fsp3) is 0.562. The molecule has 1 aromatic rings. The minimum absolute atomic E-state index is 0. The predicted octanol–water partition coefficient (Wildman–Crippen LogP) is 2.96. The molecule has 0 radical (unpaired) electrons. The number of nitrogens with one attached hydrogen (secondary N) is 2. The first-order valence-electron chi connectivity index (χ1n) is 7.41. The third kappa shape index (κ3) is 4.76. The van der Waals surface area contributed by atoms with E-state index in [9.17, 15) is 5.11 Å². The van der Waals surface area contributed by atoms with Crippen molar-refractivity contribution in [2.75, 3.05) is 7.05 Å². The molecule has 0 saturated heterocycles. The molecular formula is C16H26IN3O. The van der Waals surface area contributed by atoms with Crippen molar-refractivity contribution in [1.82, 2.24) is 10.6 Å². The lowest BCUT2D eigenvalue weighted by Gasteiger charge is -2.21. The number of benzene rings is 1. The normalized spacial score (nSPS) is 14.4. The van der Waals surface area contributed by atoms with Crippen LogP contribution in [0.25, 0.3) is 0 Å². The van der Waals surface area contributed by atoms with Crippen LogP contribution in [0.5, 0.6) is 5.75 Å². The van der Waals surface area contributed by atoms with Gasteiger partial charge in [0, 0.05) is 25.2 Å². The van der Waals surface area contributed by atoms with Crippen LogP contribution in [-0.2, 0) is 19.4 Å². The molecule has 0 bridgehead atoms. The number of guanidine groups is 1. The molecular weight excluding hydrogens is 377 g/mol. The summed E-state index contributed by atoms with van der Waals surface area (Å²) in [7, 11) is 1.76. The van der Waals surface area contributed by atoms with E-state index in [1.54, 1.807) is 7.05 Å². The number of hydrogen-bond acceptors (Lipinski definition) is 2. The van der Waals surface area contributed by atoms with Crippen LogP contribution in [0.15, 0.2) is 17.1 Å². The van der Waals surface area contributed by atoms with E-state index in [1.807, 2.05) is 6.07 Å². The highest BCUT2D eigenvalue weighted by atomic mass is 127. The summed E-state index contributed by atoms with van der Waals surface area (Å²) < 4.78 is 0. The van der Waals surface area contributed by atoms with Crippen LogP contribution in [0.3, 0.4) is 0 Å². The molecule has 5 heteroatoms. The number of hydrogen-bond donors (Lipinski definition) is 3. The molecule has 0 unspecified atom stereocenters. The lowest BCUT2D eigenvalue weighted by atomic mass is 9.88. The smallest absolute Gasteiger partial charge is 0.191 e. The summed E-state index contributed by atoms with van der Waals surface area (Å²) in [5, 5.41) is 16.7. The van der Waals surface area contributed by atoms with Gasteiger partial charge in [0.2, 0.25) is 0 Å². The minimum Gasteiger partial charge on any atom is -0.508 e. The van der Waals surface area contributed by atoms with Crippen LogP contribution in [0.4, 0.5) is 0 Å². The molecule has 21 heavy (non-hydrogen) atoms. The molecule has 0 amide bonds. The second-order valence-electron chi connectivity index (χ2n) is 5.63. The molecule has 0 saturated carbocycles. The van der Waals surface area contributed by atoms with Crippen molar-refractivity contribution in [2.24, 2.45) is 4.99 Å². The van der Waals surface area contributed by atoms with E-state index in [0.717, 1.165) is 24.4 Å². The average molecular weight is 403 g/mol. The van der Waals surface area contributed by atoms with Crippen LogP contribution in [0, 0.1) is 0 Å². The van der Waals surface area contributed by atoms with Gasteiger partial charge in [-0.1, -0.05) is 6.07 Å². The van der Waals surface area contributed by atoms with Crippen molar-refractivity contribution >= 4 is 29.9 Å². The number of aromatic hydroxyl groups is 1. The van der Waals surface area contributed by atoms with Gasteiger partial charge in [-0.2, -0.15) is 0 Å². The highest BCUT2D eigenvalue weighted by Gasteiger charge is 2.16. The lowest BCUT2D eigenvalue weighted by Crippen LogP contribution is -2.40. The second-order valence-corrected chi connectivity index (χ2v) is 5.63. The van der Waals surface area contributed by atoms with Gasteiger partial charge in [0.15, 0.2) is 5.96 Å². The van der Waals surface area contributed by atoms with E-state index in [0.29, 0.717) is 18.3 Å². The molecule has 0 aliphatic heterocycles. The minimum atomic E-state index is 0. The Hall–Kier alpha value is -0.980. The molecule has 0 fully saturated rings. The maximum atomic E-state index is 10.1. The fourth-order valence-corrected chi connectivity index (χ4v) is 2.73. The number of nitrogens with zero attached hydrogens (tertiary/aromatic N) is 1. The van der Waals surface area contributed by atoms with Crippen LogP contribution in [0.1, 0.15) is 43.4 Å². The van der Waals surface area contributed by atoms with Crippen molar-refractivity contribution < 1.29 is 5.11 Å². The van der Waals surface area contributed by atoms with Gasteiger partial charge in [0.25, 0.3) is 0 Å². The largest absolute Gasteiger partial charge is 0.508 e. The molecule has 0 atom stereocenters. The number of aryl methyl sites for hydroxylation is 1. The van der Waals surface area contributed by atoms with E-state index in [4.69, 9.17) is 0 Å². The summed E-state index contributed by atoms with van der Waals surface area (Å²) >= 11 is 0. The standard InChI is InChI=1S/C16H25N3O.HI/c1-11(2)19-16(17-3)18-10-14-13-7-5-4-6-12(13)8-9-15(14)20;/h8-9,11,20H,4-7,10H2,1-3H3,(H2,17,18,19);1H. The zero-order valence-electron chi connectivity index (χ0n) is 13.1. The Morgan fingerprint density at radius 2 is 2.00 bits per heavy atom. The maximum absolute atomic E-state index is 10.1. The highest BCUT2D eigenvalue weighted by molar-refractivity contribution is 14.0. The summed E-state index contributed by atoms with van der Waals surface area (Å²) in [6, 6.07) is 4.22. The molecule has 118 valence electrons. The van der Waals surface area contributed by atoms with Gasteiger partial charge in [-0.05, 0) is 56.7 Å². The maximum Gasteiger partial charge on any atom is 0.191 e. The summed E-state index contributed by atoms with van der Waals surface area (Å²) in [5.74, 6) is 1.16. The molecule has 2 rings (SSSR count). The van der Waals surface area contributed by atoms with Gasteiger partial charge in [0.1, 0.15) is 5.75 Å². The van der Waals surface area contributed by atoms with Crippen LogP contribution in [-0.4, -0.2) is 24.2 Å². The summed E-state index contributed by atoms with van der Waals surface area (Å²) in [5.41, 5.74) is 3.73. The number of fused-ring (bicyclic) bond motifs is 1. The van der Waals surface area contributed by atoms with Gasteiger partial charge in [-0.15, -0.1) is 24.0 Å². The van der Waals surface area contributed by atoms with Gasteiger partial charge < -0.3 is 15.7 Å². The van der Waals surface area contributed by atoms with Crippen molar-refractivity contribution in [2.45, 2.75) is 52.1 Å². The topological polar surface area (TPSA) is 56.7 Å². The fourth-order valence-electron chi connectivity index (χ4n) is 2.73. The molecule has 1 aliphatic rings. The quantitative estimate of drug-likeness (QED) is 0.413. The van der Waals surface area contributed by atoms with E-state index in [-0.39, 0.29) is 24.0 Å². The molecule has 0 heterocycles. The zero-order valence-corrected chi connectivity index (χ0v) is 15.4. The van der Waals surface area contributed by atoms with Gasteiger partial charge in [-0.25, -0.2) is 0 Å². The third-order valence-corrected chi connectivity index (χ3v) is 3.71. The van der Waals surface area contributed by atoms with Crippen molar-refractivity contribution in [3.05, 3.63) is 28.8 Å². The van der Waals surface area contributed by atoms with Crippen LogP contribution in [0.2, 0.25) is 0 Å². The number of halogens is 1. The number of phenols is 1. The first-order valence-corrected chi connectivity index (χ1v) is 7.41. The SMILES string of the molecule is CN=C(NCc1c(O)ccc2c1CCCC2)NC(C)C.I. The Kier molecular flexibility index (Phi) is 7.28. The Morgan fingerprint density at radius 3 is 2.67 bits per heavy atom. The van der Waals surface area contributed by atoms with E-state index < -0.39 is 0 Å². The number of phenolic OH excluding ortho intramolecular Hbond substituents is 1. The average Bonchev–Trinajstić information content (AvgIpc) is 2.44. The van der Waals surface area contributed by atoms with Crippen LogP contribution >= 0.6 is 24.0 Å². The van der Waals surface area contributed by atoms with Crippen LogP contribution < -0.4 is 10.6 Å². The Labute approximate surface area is 144 Å². The second kappa shape index (κ2) is 8.46.